The number of carbonyl (C=O) groups excluding carboxylic acids is 1. The summed E-state index contributed by atoms with van der Waals surface area (Å²) in [7, 11) is 2.72. The van der Waals surface area contributed by atoms with Gasteiger partial charge in [0.25, 0.3) is 5.56 Å². The number of carbonyl (C=O) groups is 1. The van der Waals surface area contributed by atoms with E-state index in [1.807, 2.05) is 0 Å². The summed E-state index contributed by atoms with van der Waals surface area (Å²) in [6.45, 7) is 0. The number of pyridine rings is 1. The predicted octanol–water partition coefficient (Wildman–Crippen LogP) is 3.20. The normalized spacial score (nSPS) is 10.9. The average molecular weight is 411 g/mol. The third kappa shape index (κ3) is 3.20. The van der Waals surface area contributed by atoms with Crippen molar-refractivity contribution in [2.24, 2.45) is 0 Å². The van der Waals surface area contributed by atoms with Crippen molar-refractivity contribution in [3.8, 4) is 28.4 Å². The Balaban J connectivity index is 1.95. The monoisotopic (exact) mass is 411 g/mol. The van der Waals surface area contributed by atoms with Gasteiger partial charge in [-0.25, -0.2) is 13.6 Å². The van der Waals surface area contributed by atoms with Crippen LogP contribution >= 0.6 is 0 Å². The zero-order valence-corrected chi connectivity index (χ0v) is 15.9. The van der Waals surface area contributed by atoms with Gasteiger partial charge in [0.15, 0.2) is 11.6 Å². The summed E-state index contributed by atoms with van der Waals surface area (Å²) in [6.07, 6.45) is 2.76. The molecular formula is C21H15F2N3O4. The van der Waals surface area contributed by atoms with Crippen LogP contribution in [0.25, 0.3) is 22.6 Å². The Morgan fingerprint density at radius 3 is 2.30 bits per heavy atom. The van der Waals surface area contributed by atoms with Gasteiger partial charge >= 0.3 is 5.97 Å². The highest BCUT2D eigenvalue weighted by atomic mass is 19.2. The second kappa shape index (κ2) is 7.43. The molecule has 9 heteroatoms. The zero-order chi connectivity index (χ0) is 21.4. The number of aromatic nitrogens is 3. The van der Waals surface area contributed by atoms with Gasteiger partial charge in [0.2, 0.25) is 0 Å². The molecule has 0 fully saturated rings. The number of esters is 1. The largest absolute Gasteiger partial charge is 0.497 e. The van der Waals surface area contributed by atoms with Crippen LogP contribution in [-0.2, 0) is 4.74 Å². The summed E-state index contributed by atoms with van der Waals surface area (Å²) in [5.41, 5.74) is 0.436. The van der Waals surface area contributed by atoms with Gasteiger partial charge < -0.3 is 14.0 Å². The Kier molecular flexibility index (Phi) is 4.78. The van der Waals surface area contributed by atoms with E-state index in [1.165, 1.54) is 37.2 Å². The molecule has 7 nitrogen and oxygen atoms in total. The number of hydrogen-bond acceptors (Lipinski definition) is 5. The van der Waals surface area contributed by atoms with Crippen molar-refractivity contribution in [2.45, 2.75) is 0 Å². The number of fused-ring (bicyclic) bond motifs is 1. The van der Waals surface area contributed by atoms with Crippen molar-refractivity contribution in [1.29, 1.82) is 0 Å². The lowest BCUT2D eigenvalue weighted by Crippen LogP contribution is -2.15. The lowest BCUT2D eigenvalue weighted by Gasteiger charge is -2.12. The van der Waals surface area contributed by atoms with Crippen LogP contribution in [0.15, 0.2) is 59.7 Å². The summed E-state index contributed by atoms with van der Waals surface area (Å²) >= 11 is 0. The molecule has 2 aliphatic rings. The second-order valence-electron chi connectivity index (χ2n) is 6.35. The number of hydrogen-bond donors (Lipinski definition) is 0. The lowest BCUT2D eigenvalue weighted by molar-refractivity contribution is 0.0600. The molecule has 30 heavy (non-hydrogen) atoms. The molecule has 0 spiro atoms. The molecule has 152 valence electrons. The van der Waals surface area contributed by atoms with E-state index >= 15 is 0 Å². The number of nitrogens with zero attached hydrogens (tertiary/aromatic N) is 3. The van der Waals surface area contributed by atoms with E-state index in [2.05, 4.69) is 5.10 Å². The van der Waals surface area contributed by atoms with Crippen LogP contribution in [0.1, 0.15) is 10.4 Å². The van der Waals surface area contributed by atoms with Gasteiger partial charge in [0.05, 0.1) is 25.5 Å². The molecular weight excluding hydrogens is 396 g/mol. The van der Waals surface area contributed by atoms with Gasteiger partial charge in [-0.3, -0.25) is 4.79 Å². The van der Waals surface area contributed by atoms with Gasteiger partial charge in [-0.05, 0) is 36.4 Å². The van der Waals surface area contributed by atoms with Crippen LogP contribution in [-0.4, -0.2) is 34.5 Å². The van der Waals surface area contributed by atoms with Crippen LogP contribution in [0.3, 0.4) is 0 Å². The van der Waals surface area contributed by atoms with Crippen molar-refractivity contribution in [2.75, 3.05) is 14.2 Å². The molecule has 0 radical (unpaired) electrons. The molecule has 4 rings (SSSR count). The third-order valence-electron chi connectivity index (χ3n) is 4.59. The van der Waals surface area contributed by atoms with Gasteiger partial charge in [-0.2, -0.15) is 9.78 Å². The third-order valence-corrected chi connectivity index (χ3v) is 4.59. The molecule has 2 aliphatic heterocycles. The maximum absolute atomic E-state index is 13.7. The minimum absolute atomic E-state index is 0.00379. The molecule has 2 heterocycles. The van der Waals surface area contributed by atoms with Crippen molar-refractivity contribution in [1.82, 2.24) is 14.3 Å². The van der Waals surface area contributed by atoms with E-state index in [1.54, 1.807) is 24.3 Å². The summed E-state index contributed by atoms with van der Waals surface area (Å²) < 4.78 is 39.4. The number of ether oxygens (including phenoxy) is 2. The summed E-state index contributed by atoms with van der Waals surface area (Å²) in [5, 5.41) is 4.29. The minimum Gasteiger partial charge on any atom is -0.497 e. The highest BCUT2D eigenvalue weighted by Crippen LogP contribution is 2.26. The minimum atomic E-state index is -1.06. The maximum atomic E-state index is 13.7. The topological polar surface area (TPSA) is 75.3 Å². The predicted molar refractivity (Wildman–Crippen MR) is 104 cm³/mol. The number of methoxy groups -OCH3 is 2. The fraction of sp³-hybridized carbons (Fsp3) is 0.0952. The number of halogens is 2. The standard InChI is InChI=1S/C21H15F2N3O4/c1-29-14-6-3-12(4-7-14)26-20(27)15-10-25(13-5-8-17(22)18(23)9-13)11-16(19(15)24-26)21(28)30-2/h3-11H,1-2H3. The molecule has 0 bridgehead atoms. The molecule has 0 amide bonds. The van der Waals surface area contributed by atoms with Crippen molar-refractivity contribution in [3.63, 3.8) is 0 Å². The molecule has 0 unspecified atom stereocenters. The fourth-order valence-electron chi connectivity index (χ4n) is 3.06. The molecule has 2 aromatic carbocycles. The fourth-order valence-corrected chi connectivity index (χ4v) is 3.06. The Bertz CT molecular complexity index is 1280. The number of rotatable bonds is 4. The smallest absolute Gasteiger partial charge is 0.341 e. The molecule has 0 saturated carbocycles. The average Bonchev–Trinajstić information content (AvgIpc) is 3.11. The first-order valence-electron chi connectivity index (χ1n) is 8.76. The van der Waals surface area contributed by atoms with E-state index < -0.39 is 23.2 Å². The van der Waals surface area contributed by atoms with Crippen molar-refractivity contribution in [3.05, 3.63) is 82.4 Å². The SMILES string of the molecule is COC(=O)c1cn(-c2ccc(F)c(F)c2)cc2c(=O)n(-c3ccc(OC)cc3)nc1-2. The van der Waals surface area contributed by atoms with Gasteiger partial charge in [0.1, 0.15) is 17.0 Å². The summed E-state index contributed by atoms with van der Waals surface area (Å²) in [6, 6.07) is 9.87. The lowest BCUT2D eigenvalue weighted by atomic mass is 10.1. The van der Waals surface area contributed by atoms with E-state index in [4.69, 9.17) is 9.47 Å². The van der Waals surface area contributed by atoms with E-state index in [0.29, 0.717) is 11.4 Å². The molecule has 0 atom stereocenters. The Labute approximate surface area is 169 Å². The van der Waals surface area contributed by atoms with Gasteiger partial charge in [-0.15, -0.1) is 0 Å². The quantitative estimate of drug-likeness (QED) is 0.482. The van der Waals surface area contributed by atoms with E-state index in [0.717, 1.165) is 16.8 Å². The molecule has 0 aliphatic carbocycles. The highest BCUT2D eigenvalue weighted by Gasteiger charge is 2.25. The van der Waals surface area contributed by atoms with Crippen LogP contribution in [0, 0.1) is 11.6 Å². The Morgan fingerprint density at radius 2 is 1.67 bits per heavy atom. The second-order valence-corrected chi connectivity index (χ2v) is 6.35. The highest BCUT2D eigenvalue weighted by molar-refractivity contribution is 5.96. The van der Waals surface area contributed by atoms with Crippen LogP contribution in [0.4, 0.5) is 8.78 Å². The first-order valence-corrected chi connectivity index (χ1v) is 8.76. The van der Waals surface area contributed by atoms with Gasteiger partial charge in [-0.1, -0.05) is 0 Å². The molecule has 2 aromatic rings. The summed E-state index contributed by atoms with van der Waals surface area (Å²) in [5.74, 6) is -2.19. The maximum Gasteiger partial charge on any atom is 0.341 e. The Hall–Kier alpha value is -4.01. The zero-order valence-electron chi connectivity index (χ0n) is 15.9. The van der Waals surface area contributed by atoms with Crippen LogP contribution < -0.4 is 10.3 Å². The number of benzene rings is 2. The molecule has 0 saturated heterocycles. The van der Waals surface area contributed by atoms with E-state index in [9.17, 15) is 18.4 Å². The van der Waals surface area contributed by atoms with Gasteiger partial charge in [0, 0.05) is 24.1 Å². The molecule has 0 N–H and O–H groups in total. The first kappa shape index (κ1) is 19.3. The van der Waals surface area contributed by atoms with E-state index in [-0.39, 0.29) is 22.5 Å². The Morgan fingerprint density at radius 1 is 0.967 bits per heavy atom. The molecule has 0 aromatic heterocycles. The first-order chi connectivity index (χ1) is 14.4. The van der Waals surface area contributed by atoms with Crippen molar-refractivity contribution < 1.29 is 23.0 Å². The van der Waals surface area contributed by atoms with Crippen LogP contribution in [0.2, 0.25) is 0 Å². The summed E-state index contributed by atoms with van der Waals surface area (Å²) in [4.78, 5) is 25.4. The van der Waals surface area contributed by atoms with Crippen molar-refractivity contribution >= 4 is 5.97 Å². The van der Waals surface area contributed by atoms with Crippen LogP contribution in [0.5, 0.6) is 5.75 Å².